The van der Waals surface area contributed by atoms with Crippen LogP contribution in [0.5, 0.6) is 0 Å². The summed E-state index contributed by atoms with van der Waals surface area (Å²) in [6.07, 6.45) is 1.83. The lowest BCUT2D eigenvalue weighted by Crippen LogP contribution is -2.58. The van der Waals surface area contributed by atoms with Crippen molar-refractivity contribution in [2.75, 3.05) is 12.3 Å². The van der Waals surface area contributed by atoms with Crippen molar-refractivity contribution in [3.8, 4) is 0 Å². The summed E-state index contributed by atoms with van der Waals surface area (Å²) < 4.78 is 0. The molecule has 1 saturated heterocycles. The van der Waals surface area contributed by atoms with E-state index in [1.54, 1.807) is 0 Å². The molecule has 4 unspecified atom stereocenters. The highest BCUT2D eigenvalue weighted by Gasteiger charge is 2.38. The van der Waals surface area contributed by atoms with Crippen LogP contribution >= 0.6 is 12.6 Å². The van der Waals surface area contributed by atoms with Crippen LogP contribution in [0.2, 0.25) is 0 Å². The molecule has 0 aromatic carbocycles. The third kappa shape index (κ3) is 7.79. The number of amides is 3. The molecule has 1 rings (SSSR count). The quantitative estimate of drug-likeness (QED) is 0.292. The number of nitrogens with one attached hydrogen (secondary N) is 2. The first-order valence-corrected chi connectivity index (χ1v) is 11.1. The number of hydrogen-bond acceptors (Lipinski definition) is 6. The van der Waals surface area contributed by atoms with Crippen molar-refractivity contribution < 1.29 is 24.3 Å². The SMILES string of the molecule is CC(C)CC(N)C(=O)NC(CS)C(=O)NC(CC(C)C)C(=O)N1CCCC1C(=O)O. The number of carbonyl (C=O) groups excluding carboxylic acids is 3. The third-order valence-electron chi connectivity index (χ3n) is 5.02. The zero-order valence-corrected chi connectivity index (χ0v) is 19.2. The number of nitrogens with zero attached hydrogens (tertiary/aromatic N) is 1. The fourth-order valence-electron chi connectivity index (χ4n) is 3.54. The molecule has 30 heavy (non-hydrogen) atoms. The highest BCUT2D eigenvalue weighted by molar-refractivity contribution is 7.80. The van der Waals surface area contributed by atoms with Gasteiger partial charge in [-0.2, -0.15) is 12.6 Å². The van der Waals surface area contributed by atoms with E-state index in [1.807, 2.05) is 27.7 Å². The molecule has 0 aromatic rings. The van der Waals surface area contributed by atoms with Gasteiger partial charge >= 0.3 is 5.97 Å². The third-order valence-corrected chi connectivity index (χ3v) is 5.39. The first-order valence-electron chi connectivity index (χ1n) is 10.5. The van der Waals surface area contributed by atoms with Crippen molar-refractivity contribution in [3.05, 3.63) is 0 Å². The van der Waals surface area contributed by atoms with E-state index in [1.165, 1.54) is 4.90 Å². The molecule has 1 heterocycles. The van der Waals surface area contributed by atoms with Crippen LogP contribution in [0.3, 0.4) is 0 Å². The van der Waals surface area contributed by atoms with Gasteiger partial charge in [0.25, 0.3) is 0 Å². The van der Waals surface area contributed by atoms with Crippen molar-refractivity contribution in [1.82, 2.24) is 15.5 Å². The average molecular weight is 445 g/mol. The largest absolute Gasteiger partial charge is 0.480 e. The first kappa shape index (κ1) is 26.2. The van der Waals surface area contributed by atoms with Crippen LogP contribution in [0.1, 0.15) is 53.4 Å². The summed E-state index contributed by atoms with van der Waals surface area (Å²) in [5.74, 6) is -2.10. The topological polar surface area (TPSA) is 142 Å². The number of nitrogens with two attached hydrogens (primary N) is 1. The number of carboxylic acids is 1. The van der Waals surface area contributed by atoms with E-state index in [0.717, 1.165) is 0 Å². The number of thiol groups is 1. The summed E-state index contributed by atoms with van der Waals surface area (Å²) >= 11 is 4.15. The van der Waals surface area contributed by atoms with Crippen LogP contribution < -0.4 is 16.4 Å². The lowest BCUT2D eigenvalue weighted by Gasteiger charge is -2.29. The molecular formula is C20H36N4O5S. The van der Waals surface area contributed by atoms with Crippen molar-refractivity contribution >= 4 is 36.3 Å². The molecule has 0 aromatic heterocycles. The fourth-order valence-corrected chi connectivity index (χ4v) is 3.80. The van der Waals surface area contributed by atoms with Crippen LogP contribution in [0.25, 0.3) is 0 Å². The van der Waals surface area contributed by atoms with Gasteiger partial charge in [-0.05, 0) is 37.5 Å². The normalized spacial score (nSPS) is 19.5. The monoisotopic (exact) mass is 444 g/mol. The Kier molecular flexibility index (Phi) is 10.6. The molecule has 10 heteroatoms. The number of aliphatic carboxylic acids is 1. The minimum Gasteiger partial charge on any atom is -0.480 e. The molecule has 0 radical (unpaired) electrons. The van der Waals surface area contributed by atoms with Crippen LogP contribution in [0.15, 0.2) is 0 Å². The van der Waals surface area contributed by atoms with Crippen molar-refractivity contribution in [2.45, 2.75) is 77.5 Å². The standard InChI is InChI=1S/C20H36N4O5S/c1-11(2)8-13(21)17(25)23-15(10-30)18(26)22-14(9-12(3)4)19(27)24-7-5-6-16(24)20(28)29/h11-16,30H,5-10,21H2,1-4H3,(H,22,26)(H,23,25)(H,28,29). The maximum Gasteiger partial charge on any atom is 0.326 e. The van der Waals surface area contributed by atoms with E-state index in [0.29, 0.717) is 32.2 Å². The summed E-state index contributed by atoms with van der Waals surface area (Å²) in [6.45, 7) is 8.06. The van der Waals surface area contributed by atoms with Crippen molar-refractivity contribution in [1.29, 1.82) is 0 Å². The molecule has 0 spiro atoms. The zero-order chi connectivity index (χ0) is 23.0. The minimum atomic E-state index is -1.05. The van der Waals surface area contributed by atoms with Crippen LogP contribution in [0.4, 0.5) is 0 Å². The molecule has 0 bridgehead atoms. The minimum absolute atomic E-state index is 0.0377. The number of carbonyl (C=O) groups is 4. The Morgan fingerprint density at radius 1 is 1.03 bits per heavy atom. The summed E-state index contributed by atoms with van der Waals surface area (Å²) in [5.41, 5.74) is 5.88. The van der Waals surface area contributed by atoms with Gasteiger partial charge in [0, 0.05) is 12.3 Å². The molecular weight excluding hydrogens is 408 g/mol. The smallest absolute Gasteiger partial charge is 0.326 e. The van der Waals surface area contributed by atoms with Gasteiger partial charge < -0.3 is 26.4 Å². The second-order valence-electron chi connectivity index (χ2n) is 8.70. The Morgan fingerprint density at radius 2 is 1.60 bits per heavy atom. The molecule has 1 aliphatic rings. The lowest BCUT2D eigenvalue weighted by atomic mass is 10.0. The number of likely N-dealkylation sites (tertiary alicyclic amines) is 1. The van der Waals surface area contributed by atoms with Crippen LogP contribution in [0, 0.1) is 11.8 Å². The number of carboxylic acid groups (broad SMARTS) is 1. The van der Waals surface area contributed by atoms with E-state index in [-0.39, 0.29) is 17.6 Å². The molecule has 172 valence electrons. The Labute approximate surface area is 183 Å². The summed E-state index contributed by atoms with van der Waals surface area (Å²) in [5, 5.41) is 14.7. The van der Waals surface area contributed by atoms with Gasteiger partial charge in [0.1, 0.15) is 18.1 Å². The van der Waals surface area contributed by atoms with Crippen molar-refractivity contribution in [2.24, 2.45) is 17.6 Å². The summed E-state index contributed by atoms with van der Waals surface area (Å²) in [7, 11) is 0. The van der Waals surface area contributed by atoms with E-state index < -0.39 is 47.9 Å². The van der Waals surface area contributed by atoms with E-state index in [9.17, 15) is 24.3 Å². The first-order chi connectivity index (χ1) is 14.0. The number of rotatable bonds is 11. The molecule has 5 N–H and O–H groups in total. The predicted molar refractivity (Wildman–Crippen MR) is 117 cm³/mol. The summed E-state index contributed by atoms with van der Waals surface area (Å²) in [4.78, 5) is 50.9. The van der Waals surface area contributed by atoms with Gasteiger partial charge in [0.15, 0.2) is 0 Å². The van der Waals surface area contributed by atoms with Crippen molar-refractivity contribution in [3.63, 3.8) is 0 Å². The molecule has 1 aliphatic heterocycles. The van der Waals surface area contributed by atoms with Gasteiger partial charge in [0.05, 0.1) is 6.04 Å². The van der Waals surface area contributed by atoms with Gasteiger partial charge in [-0.25, -0.2) is 4.79 Å². The highest BCUT2D eigenvalue weighted by atomic mass is 32.1. The van der Waals surface area contributed by atoms with Gasteiger partial charge in [0.2, 0.25) is 17.7 Å². The maximum absolute atomic E-state index is 13.0. The van der Waals surface area contributed by atoms with Gasteiger partial charge in [-0.15, -0.1) is 0 Å². The van der Waals surface area contributed by atoms with E-state index >= 15 is 0 Å². The van der Waals surface area contributed by atoms with E-state index in [2.05, 4.69) is 23.3 Å². The molecule has 4 atom stereocenters. The average Bonchev–Trinajstić information content (AvgIpc) is 3.13. The van der Waals surface area contributed by atoms with Crippen LogP contribution in [-0.4, -0.2) is 70.2 Å². The molecule has 0 saturated carbocycles. The Morgan fingerprint density at radius 3 is 2.10 bits per heavy atom. The fraction of sp³-hybridized carbons (Fsp3) is 0.800. The highest BCUT2D eigenvalue weighted by Crippen LogP contribution is 2.20. The Hall–Kier alpha value is -1.81. The van der Waals surface area contributed by atoms with Gasteiger partial charge in [-0.3, -0.25) is 14.4 Å². The molecule has 3 amide bonds. The molecule has 0 aliphatic carbocycles. The molecule has 1 fully saturated rings. The second kappa shape index (κ2) is 12.1. The second-order valence-corrected chi connectivity index (χ2v) is 9.06. The lowest BCUT2D eigenvalue weighted by molar-refractivity contribution is -0.149. The maximum atomic E-state index is 13.0. The van der Waals surface area contributed by atoms with Crippen LogP contribution in [-0.2, 0) is 19.2 Å². The Bertz CT molecular complexity index is 628. The zero-order valence-electron chi connectivity index (χ0n) is 18.3. The van der Waals surface area contributed by atoms with Gasteiger partial charge in [-0.1, -0.05) is 27.7 Å². The Balaban J connectivity index is 2.87. The number of hydrogen-bond donors (Lipinski definition) is 5. The molecule has 9 nitrogen and oxygen atoms in total. The van der Waals surface area contributed by atoms with E-state index in [4.69, 9.17) is 5.73 Å². The predicted octanol–water partition coefficient (Wildman–Crippen LogP) is 0.381. The summed E-state index contributed by atoms with van der Waals surface area (Å²) in [6, 6.07) is -3.44.